The van der Waals surface area contributed by atoms with Gasteiger partial charge in [0.2, 0.25) is 5.91 Å². The summed E-state index contributed by atoms with van der Waals surface area (Å²) in [5, 5.41) is 13.6. The Morgan fingerprint density at radius 1 is 1.12 bits per heavy atom. The van der Waals surface area contributed by atoms with Crippen molar-refractivity contribution in [2.45, 2.75) is 58.1 Å². The number of piperidine rings is 1. The molecule has 3 aromatic rings. The third-order valence-corrected chi connectivity index (χ3v) is 9.43. The van der Waals surface area contributed by atoms with Crippen LogP contribution in [-0.2, 0) is 15.1 Å². The fraction of sp³-hybridized carbons (Fsp3) is 0.562. The van der Waals surface area contributed by atoms with Gasteiger partial charge in [0.05, 0.1) is 28.6 Å². The molecule has 5 heterocycles. The first kappa shape index (κ1) is 27.7. The lowest BCUT2D eigenvalue weighted by Gasteiger charge is -2.43. The Morgan fingerprint density at radius 2 is 1.88 bits per heavy atom. The minimum absolute atomic E-state index is 0.0298. The summed E-state index contributed by atoms with van der Waals surface area (Å²) in [6, 6.07) is 11.4. The van der Waals surface area contributed by atoms with Gasteiger partial charge in [-0.2, -0.15) is 10.4 Å². The number of rotatable bonds is 7. The van der Waals surface area contributed by atoms with E-state index in [-0.39, 0.29) is 23.3 Å². The summed E-state index contributed by atoms with van der Waals surface area (Å²) in [5.41, 5.74) is 4.99. The monoisotopic (exact) mass is 555 g/mol. The first-order valence-corrected chi connectivity index (χ1v) is 15.2. The van der Waals surface area contributed by atoms with Gasteiger partial charge in [0.15, 0.2) is 0 Å². The predicted octanol–water partition coefficient (Wildman–Crippen LogP) is 4.33. The van der Waals surface area contributed by atoms with E-state index in [4.69, 9.17) is 15.0 Å². The van der Waals surface area contributed by atoms with Crippen LogP contribution >= 0.6 is 0 Å². The Labute approximate surface area is 242 Å². The van der Waals surface area contributed by atoms with Crippen LogP contribution < -0.4 is 4.90 Å². The smallest absolute Gasteiger partial charge is 0.225 e. The Bertz CT molecular complexity index is 1400. The number of fused-ring (bicyclic) bond motifs is 1. The number of aromatic nitrogens is 3. The van der Waals surface area contributed by atoms with Crippen LogP contribution in [0.3, 0.4) is 0 Å². The first-order chi connectivity index (χ1) is 19.9. The number of pyridine rings is 1. The molecule has 3 aromatic heterocycles. The van der Waals surface area contributed by atoms with Gasteiger partial charge >= 0.3 is 0 Å². The minimum Gasteiger partial charge on any atom is -0.370 e. The van der Waals surface area contributed by atoms with E-state index < -0.39 is 0 Å². The van der Waals surface area contributed by atoms with Gasteiger partial charge in [0.1, 0.15) is 0 Å². The molecular formula is C32H41N7O2. The summed E-state index contributed by atoms with van der Waals surface area (Å²) in [4.78, 5) is 24.6. The number of nitriles is 1. The van der Waals surface area contributed by atoms with Crippen molar-refractivity contribution in [3.05, 3.63) is 48.4 Å². The van der Waals surface area contributed by atoms with Crippen LogP contribution in [0.5, 0.6) is 0 Å². The molecule has 0 radical (unpaired) electrons. The number of hydrogen-bond donors (Lipinski definition) is 0. The molecule has 1 amide bonds. The number of carbonyl (C=O) groups is 1. The quantitative estimate of drug-likeness (QED) is 0.429. The molecule has 216 valence electrons. The van der Waals surface area contributed by atoms with E-state index in [9.17, 15) is 4.79 Å². The average Bonchev–Trinajstić information content (AvgIpc) is 3.42. The maximum atomic E-state index is 12.8. The molecule has 0 N–H and O–H groups in total. The lowest BCUT2D eigenvalue weighted by Crippen LogP contribution is -2.52. The van der Waals surface area contributed by atoms with Gasteiger partial charge < -0.3 is 19.4 Å². The molecule has 1 saturated carbocycles. The second-order valence-corrected chi connectivity index (χ2v) is 12.1. The second-order valence-electron chi connectivity index (χ2n) is 12.1. The lowest BCUT2D eigenvalue weighted by molar-refractivity contribution is -0.139. The van der Waals surface area contributed by atoms with Crippen LogP contribution in [0.15, 0.2) is 42.9 Å². The SMILES string of the molecule is CCOC1(c2ccc(-c3cc4c(N5CCN(C(=O)[C@H]6C[C@H](C#N)C6)CC5)ccnn4c3)nc2)CCN(C(C)C)CC1. The normalized spacial score (nSPS) is 23.0. The highest BCUT2D eigenvalue weighted by molar-refractivity contribution is 5.81. The molecule has 9 heteroatoms. The largest absolute Gasteiger partial charge is 0.370 e. The zero-order valence-electron chi connectivity index (χ0n) is 24.5. The van der Waals surface area contributed by atoms with E-state index in [1.807, 2.05) is 28.0 Å². The van der Waals surface area contributed by atoms with Crippen molar-refractivity contribution < 1.29 is 9.53 Å². The van der Waals surface area contributed by atoms with E-state index in [0.717, 1.165) is 67.0 Å². The van der Waals surface area contributed by atoms with Crippen molar-refractivity contribution in [3.8, 4) is 17.3 Å². The van der Waals surface area contributed by atoms with E-state index in [1.165, 1.54) is 0 Å². The summed E-state index contributed by atoms with van der Waals surface area (Å²) < 4.78 is 8.32. The molecule has 0 unspecified atom stereocenters. The molecule has 0 aromatic carbocycles. The van der Waals surface area contributed by atoms with Crippen molar-refractivity contribution in [1.29, 1.82) is 5.26 Å². The molecule has 0 spiro atoms. The molecule has 6 rings (SSSR count). The predicted molar refractivity (Wildman–Crippen MR) is 158 cm³/mol. The van der Waals surface area contributed by atoms with Crippen molar-refractivity contribution >= 4 is 17.1 Å². The topological polar surface area (TPSA) is 90.0 Å². The Balaban J connectivity index is 1.16. The van der Waals surface area contributed by atoms with Gasteiger partial charge in [-0.25, -0.2) is 4.52 Å². The summed E-state index contributed by atoms with van der Waals surface area (Å²) in [6.07, 6.45) is 9.27. The molecule has 3 aliphatic rings. The third-order valence-electron chi connectivity index (χ3n) is 9.43. The van der Waals surface area contributed by atoms with Gasteiger partial charge in [0, 0.05) is 93.5 Å². The Hall–Kier alpha value is -3.48. The fourth-order valence-corrected chi connectivity index (χ4v) is 6.79. The summed E-state index contributed by atoms with van der Waals surface area (Å²) >= 11 is 0. The van der Waals surface area contributed by atoms with E-state index in [2.05, 4.69) is 66.0 Å². The Kier molecular flexibility index (Phi) is 7.71. The summed E-state index contributed by atoms with van der Waals surface area (Å²) in [5.74, 6) is 0.299. The van der Waals surface area contributed by atoms with Crippen molar-refractivity contribution in [2.24, 2.45) is 11.8 Å². The van der Waals surface area contributed by atoms with E-state index in [1.54, 1.807) is 0 Å². The van der Waals surface area contributed by atoms with Gasteiger partial charge in [0.25, 0.3) is 0 Å². The van der Waals surface area contributed by atoms with E-state index >= 15 is 0 Å². The number of ether oxygens (including phenoxy) is 1. The van der Waals surface area contributed by atoms with Crippen molar-refractivity contribution in [1.82, 2.24) is 24.4 Å². The number of piperazine rings is 1. The van der Waals surface area contributed by atoms with Crippen LogP contribution in [0.25, 0.3) is 16.8 Å². The number of nitrogens with zero attached hydrogens (tertiary/aromatic N) is 7. The zero-order valence-corrected chi connectivity index (χ0v) is 24.5. The van der Waals surface area contributed by atoms with Crippen LogP contribution in [-0.4, -0.2) is 82.2 Å². The highest BCUT2D eigenvalue weighted by Gasteiger charge is 2.39. The van der Waals surface area contributed by atoms with E-state index in [0.29, 0.717) is 38.6 Å². The lowest BCUT2D eigenvalue weighted by atomic mass is 9.75. The molecule has 0 atom stereocenters. The fourth-order valence-electron chi connectivity index (χ4n) is 6.79. The molecule has 0 bridgehead atoms. The maximum Gasteiger partial charge on any atom is 0.225 e. The average molecular weight is 556 g/mol. The molecule has 1 aliphatic carbocycles. The summed E-state index contributed by atoms with van der Waals surface area (Å²) in [6.45, 7) is 12.3. The maximum absolute atomic E-state index is 12.8. The summed E-state index contributed by atoms with van der Waals surface area (Å²) in [7, 11) is 0. The van der Waals surface area contributed by atoms with Crippen LogP contribution in [0.2, 0.25) is 0 Å². The van der Waals surface area contributed by atoms with Crippen LogP contribution in [0.1, 0.15) is 52.0 Å². The van der Waals surface area contributed by atoms with Crippen molar-refractivity contribution in [2.75, 3.05) is 50.8 Å². The van der Waals surface area contributed by atoms with Gasteiger partial charge in [-0.3, -0.25) is 9.78 Å². The van der Waals surface area contributed by atoms with Crippen LogP contribution in [0.4, 0.5) is 5.69 Å². The van der Waals surface area contributed by atoms with Crippen LogP contribution in [0, 0.1) is 23.2 Å². The molecule has 9 nitrogen and oxygen atoms in total. The minimum atomic E-state index is -0.272. The molecule has 41 heavy (non-hydrogen) atoms. The second kappa shape index (κ2) is 11.4. The highest BCUT2D eigenvalue weighted by Crippen LogP contribution is 2.38. The zero-order chi connectivity index (χ0) is 28.6. The molecule has 2 aliphatic heterocycles. The Morgan fingerprint density at radius 3 is 2.51 bits per heavy atom. The number of hydrogen-bond acceptors (Lipinski definition) is 7. The number of amides is 1. The molecular weight excluding hydrogens is 514 g/mol. The van der Waals surface area contributed by atoms with Gasteiger partial charge in [-0.15, -0.1) is 0 Å². The van der Waals surface area contributed by atoms with Crippen molar-refractivity contribution in [3.63, 3.8) is 0 Å². The number of likely N-dealkylation sites (tertiary alicyclic amines) is 1. The standard InChI is InChI=1S/C32H41N7O2/c1-4-41-32(8-11-36(12-9-32)23(2)3)27-5-6-28(34-21-27)26-19-30-29(7-10-35-39(30)22-26)37-13-15-38(16-14-37)31(40)25-17-24(18-25)20-33/h5-7,10,19,21-25H,4,8-9,11-18H2,1-3H3/t24-,25-. The first-order valence-electron chi connectivity index (χ1n) is 15.2. The number of anilines is 1. The van der Waals surface area contributed by atoms with Gasteiger partial charge in [-0.05, 0) is 64.7 Å². The third kappa shape index (κ3) is 5.31. The molecule has 2 saturated heterocycles. The number of carbonyl (C=O) groups excluding carboxylic acids is 1. The highest BCUT2D eigenvalue weighted by atomic mass is 16.5. The van der Waals surface area contributed by atoms with Gasteiger partial charge in [-0.1, -0.05) is 6.07 Å². The molecule has 3 fully saturated rings.